The molecule has 2 aliphatic heterocycles. The van der Waals surface area contributed by atoms with Crippen molar-refractivity contribution in [1.82, 2.24) is 4.90 Å². The van der Waals surface area contributed by atoms with E-state index in [0.29, 0.717) is 28.3 Å². The lowest BCUT2D eigenvalue weighted by atomic mass is 9.80. The molecule has 0 spiro atoms. The third kappa shape index (κ3) is 4.92. The Morgan fingerprint density at radius 1 is 1.16 bits per heavy atom. The molecular weight excluding hydrogens is 498 g/mol. The second-order valence-corrected chi connectivity index (χ2v) is 11.3. The van der Waals surface area contributed by atoms with Crippen LogP contribution in [0.25, 0.3) is 6.08 Å². The molecule has 0 saturated carbocycles. The molecule has 0 aliphatic carbocycles. The van der Waals surface area contributed by atoms with Crippen molar-refractivity contribution in [3.05, 3.63) is 76.6 Å². The molecule has 198 valence electrons. The molecular formula is C30H33N3O4S. The molecule has 1 unspecified atom stereocenters. The average molecular weight is 532 g/mol. The van der Waals surface area contributed by atoms with Crippen LogP contribution in [-0.4, -0.2) is 42.8 Å². The van der Waals surface area contributed by atoms with Gasteiger partial charge in [0.05, 0.1) is 37.6 Å². The Morgan fingerprint density at radius 2 is 1.92 bits per heavy atom. The second kappa shape index (κ2) is 10.3. The van der Waals surface area contributed by atoms with Crippen LogP contribution in [0.4, 0.5) is 11.4 Å². The molecule has 3 heterocycles. The lowest BCUT2D eigenvalue weighted by Gasteiger charge is -2.45. The molecule has 8 heteroatoms. The van der Waals surface area contributed by atoms with E-state index in [1.165, 1.54) is 23.0 Å². The first-order chi connectivity index (χ1) is 18.2. The number of thioether (sulfide) groups is 1. The van der Waals surface area contributed by atoms with E-state index in [4.69, 9.17) is 18.9 Å². The number of amides is 1. The Hall–Kier alpha value is -3.65. The smallest absolute Gasteiger partial charge is 0.267 e. The van der Waals surface area contributed by atoms with Crippen molar-refractivity contribution in [1.29, 1.82) is 0 Å². The van der Waals surface area contributed by atoms with E-state index in [-0.39, 0.29) is 11.4 Å². The fourth-order valence-electron chi connectivity index (χ4n) is 5.10. The molecule has 3 aromatic rings. The number of aliphatic imine (C=N–C) groups is 1. The Balaban J connectivity index is 1.54. The number of ether oxygens (including phenoxy) is 2. The number of fused-ring (bicyclic) bond motifs is 1. The van der Waals surface area contributed by atoms with Crippen LogP contribution in [-0.2, 0) is 11.3 Å². The maximum atomic E-state index is 13.7. The summed E-state index contributed by atoms with van der Waals surface area (Å²) in [5, 5.41) is 0.592. The fraction of sp³-hybridized carbons (Fsp3) is 0.333. The highest BCUT2D eigenvalue weighted by Gasteiger charge is 2.36. The largest absolute Gasteiger partial charge is 0.497 e. The van der Waals surface area contributed by atoms with Crippen molar-refractivity contribution >= 4 is 40.3 Å². The van der Waals surface area contributed by atoms with Gasteiger partial charge in [-0.05, 0) is 92.1 Å². The monoisotopic (exact) mass is 531 g/mol. The van der Waals surface area contributed by atoms with E-state index in [2.05, 4.69) is 44.9 Å². The summed E-state index contributed by atoms with van der Waals surface area (Å²) in [5.41, 5.74) is 4.09. The van der Waals surface area contributed by atoms with Crippen LogP contribution in [0.1, 0.15) is 50.0 Å². The van der Waals surface area contributed by atoms with Crippen molar-refractivity contribution in [2.45, 2.75) is 45.2 Å². The summed E-state index contributed by atoms with van der Waals surface area (Å²) in [6.45, 7) is 7.08. The quantitative estimate of drug-likeness (QED) is 0.325. The van der Waals surface area contributed by atoms with Gasteiger partial charge in [0.2, 0.25) is 0 Å². The number of rotatable bonds is 6. The van der Waals surface area contributed by atoms with Gasteiger partial charge < -0.3 is 18.8 Å². The standard InChI is InChI=1S/C30H33N3O4S/c1-19-17-30(2,3)32(4)25-16-26(36-6)20(14-24(19)25)15-27-28(34)33(18-23-8-7-13-37-23)29(38-27)31-21-9-11-22(35-5)12-10-21/h7-16,19H,17-18H2,1-6H3/b27-15+,31-29?. The molecule has 0 bridgehead atoms. The van der Waals surface area contributed by atoms with E-state index < -0.39 is 0 Å². The third-order valence-electron chi connectivity index (χ3n) is 7.35. The van der Waals surface area contributed by atoms with Crippen LogP contribution in [0, 0.1) is 0 Å². The van der Waals surface area contributed by atoms with E-state index in [0.717, 1.165) is 29.2 Å². The molecule has 1 amide bonds. The minimum Gasteiger partial charge on any atom is -0.497 e. The number of hydrogen-bond acceptors (Lipinski definition) is 7. The number of hydrogen-bond donors (Lipinski definition) is 0. The van der Waals surface area contributed by atoms with E-state index >= 15 is 0 Å². The van der Waals surface area contributed by atoms with Gasteiger partial charge in [-0.15, -0.1) is 0 Å². The zero-order valence-electron chi connectivity index (χ0n) is 22.6. The van der Waals surface area contributed by atoms with Crippen molar-refractivity contribution < 1.29 is 18.7 Å². The van der Waals surface area contributed by atoms with Crippen molar-refractivity contribution in [2.75, 3.05) is 26.2 Å². The maximum Gasteiger partial charge on any atom is 0.267 e. The zero-order valence-corrected chi connectivity index (χ0v) is 23.5. The van der Waals surface area contributed by atoms with E-state index in [1.54, 1.807) is 25.4 Å². The average Bonchev–Trinajstić information content (AvgIpc) is 3.52. The molecule has 2 aliphatic rings. The Bertz CT molecular complexity index is 1390. The topological polar surface area (TPSA) is 67.5 Å². The van der Waals surface area contributed by atoms with Gasteiger partial charge in [-0.1, -0.05) is 6.92 Å². The Morgan fingerprint density at radius 3 is 2.58 bits per heavy atom. The Kier molecular flexibility index (Phi) is 7.01. The minimum atomic E-state index is -0.121. The highest BCUT2D eigenvalue weighted by atomic mass is 32.2. The van der Waals surface area contributed by atoms with Crippen LogP contribution >= 0.6 is 11.8 Å². The summed E-state index contributed by atoms with van der Waals surface area (Å²) in [7, 11) is 5.43. The fourth-order valence-corrected chi connectivity index (χ4v) is 6.09. The van der Waals surface area contributed by atoms with Crippen molar-refractivity contribution in [3.8, 4) is 11.5 Å². The lowest BCUT2D eigenvalue weighted by Crippen LogP contribution is -2.45. The number of methoxy groups -OCH3 is 2. The summed E-state index contributed by atoms with van der Waals surface area (Å²) < 4.78 is 16.6. The molecule has 0 N–H and O–H groups in total. The van der Waals surface area contributed by atoms with Gasteiger partial charge in [0.15, 0.2) is 5.17 Å². The first kappa shape index (κ1) is 26.0. The number of carbonyl (C=O) groups excluding carboxylic acids is 1. The van der Waals surface area contributed by atoms with Gasteiger partial charge in [0.1, 0.15) is 17.3 Å². The summed E-state index contributed by atoms with van der Waals surface area (Å²) in [5.74, 6) is 2.44. The zero-order chi connectivity index (χ0) is 27.0. The van der Waals surface area contributed by atoms with Crippen LogP contribution < -0.4 is 14.4 Å². The van der Waals surface area contributed by atoms with E-state index in [1.807, 2.05) is 42.5 Å². The molecule has 1 atom stereocenters. The molecule has 5 rings (SSSR count). The lowest BCUT2D eigenvalue weighted by molar-refractivity contribution is -0.122. The minimum absolute atomic E-state index is 0.0495. The van der Waals surface area contributed by atoms with Crippen LogP contribution in [0.3, 0.4) is 0 Å². The molecule has 1 fully saturated rings. The summed E-state index contributed by atoms with van der Waals surface area (Å²) in [6.07, 6.45) is 4.57. The maximum absolute atomic E-state index is 13.7. The predicted molar refractivity (Wildman–Crippen MR) is 153 cm³/mol. The molecule has 2 aromatic carbocycles. The first-order valence-corrected chi connectivity index (χ1v) is 13.4. The first-order valence-electron chi connectivity index (χ1n) is 12.6. The summed E-state index contributed by atoms with van der Waals surface area (Å²) in [6, 6.07) is 15.4. The summed E-state index contributed by atoms with van der Waals surface area (Å²) >= 11 is 1.35. The number of carbonyl (C=O) groups is 1. The highest BCUT2D eigenvalue weighted by Crippen LogP contribution is 2.46. The third-order valence-corrected chi connectivity index (χ3v) is 8.36. The predicted octanol–water partition coefficient (Wildman–Crippen LogP) is 6.82. The number of nitrogens with zero attached hydrogens (tertiary/aromatic N) is 3. The van der Waals surface area contributed by atoms with Gasteiger partial charge in [-0.25, -0.2) is 4.99 Å². The second-order valence-electron chi connectivity index (χ2n) is 10.3. The molecule has 1 saturated heterocycles. The SMILES string of the molecule is COc1ccc(N=C2S/C(=C/c3cc4c(cc3OC)N(C)C(C)(C)CC4C)C(=O)N2Cc2ccco2)cc1. The number of anilines is 1. The molecule has 7 nitrogen and oxygen atoms in total. The molecule has 38 heavy (non-hydrogen) atoms. The van der Waals surface area contributed by atoms with Crippen LogP contribution in [0.2, 0.25) is 0 Å². The molecule has 0 radical (unpaired) electrons. The normalized spacial score (nSPS) is 20.8. The van der Waals surface area contributed by atoms with E-state index in [9.17, 15) is 4.79 Å². The number of furan rings is 1. The van der Waals surface area contributed by atoms with Crippen molar-refractivity contribution in [2.24, 2.45) is 4.99 Å². The number of benzene rings is 2. The van der Waals surface area contributed by atoms with Gasteiger partial charge >= 0.3 is 0 Å². The Labute approximate surface area is 228 Å². The van der Waals surface area contributed by atoms with Crippen molar-refractivity contribution in [3.63, 3.8) is 0 Å². The van der Waals surface area contributed by atoms with Crippen LogP contribution in [0.15, 0.2) is 69.1 Å². The highest BCUT2D eigenvalue weighted by molar-refractivity contribution is 8.18. The van der Waals surface area contributed by atoms with Crippen LogP contribution in [0.5, 0.6) is 11.5 Å². The van der Waals surface area contributed by atoms with Gasteiger partial charge in [-0.2, -0.15) is 0 Å². The van der Waals surface area contributed by atoms with Gasteiger partial charge in [0.25, 0.3) is 5.91 Å². The number of amidine groups is 1. The van der Waals surface area contributed by atoms with Gasteiger partial charge in [0, 0.05) is 29.9 Å². The van der Waals surface area contributed by atoms with Gasteiger partial charge in [-0.3, -0.25) is 9.69 Å². The molecule has 1 aromatic heterocycles. The summed E-state index contributed by atoms with van der Waals surface area (Å²) in [4.78, 5) is 23.0.